The van der Waals surface area contributed by atoms with Gasteiger partial charge in [0.2, 0.25) is 6.29 Å². The smallest absolute Gasteiger partial charge is 0.287 e. The first kappa shape index (κ1) is 17.7. The summed E-state index contributed by atoms with van der Waals surface area (Å²) in [6.07, 6.45) is 0.0245. The lowest BCUT2D eigenvalue weighted by Gasteiger charge is -2.25. The average molecular weight is 299 g/mol. The molecule has 0 fully saturated rings. The monoisotopic (exact) mass is 299 g/mol. The maximum atomic E-state index is 12.1. The van der Waals surface area contributed by atoms with Crippen LogP contribution in [0.5, 0.6) is 0 Å². The lowest BCUT2D eigenvalue weighted by atomic mass is 9.88. The molecule has 0 bridgehead atoms. The number of carbonyl (C=O) groups excluding carboxylic acids is 1. The van der Waals surface area contributed by atoms with E-state index in [4.69, 9.17) is 13.9 Å². The van der Waals surface area contributed by atoms with Gasteiger partial charge in [0.25, 0.3) is 5.91 Å². The van der Waals surface area contributed by atoms with E-state index in [1.807, 2.05) is 0 Å². The normalized spacial score (nSPS) is 13.5. The van der Waals surface area contributed by atoms with Gasteiger partial charge in [0, 0.05) is 14.2 Å². The van der Waals surface area contributed by atoms with E-state index in [0.717, 1.165) is 0 Å². The molecule has 0 radical (unpaired) electrons. The van der Waals surface area contributed by atoms with Crippen molar-refractivity contribution in [2.24, 2.45) is 5.41 Å². The molecular weight excluding hydrogens is 274 g/mol. The van der Waals surface area contributed by atoms with Crippen molar-refractivity contribution >= 4 is 5.91 Å². The largest absolute Gasteiger partial charge is 0.451 e. The molecule has 0 spiro atoms. The second-order valence-corrected chi connectivity index (χ2v) is 6.12. The Morgan fingerprint density at radius 3 is 2.43 bits per heavy atom. The van der Waals surface area contributed by atoms with Crippen LogP contribution in [0.3, 0.4) is 0 Å². The second-order valence-electron chi connectivity index (χ2n) is 6.12. The Hall–Kier alpha value is -1.37. The van der Waals surface area contributed by atoms with Gasteiger partial charge in [-0.25, -0.2) is 0 Å². The third-order valence-corrected chi connectivity index (χ3v) is 2.93. The maximum absolute atomic E-state index is 12.1. The molecular formula is C15H25NO5. The molecule has 0 aliphatic carbocycles. The molecule has 1 aromatic rings. The van der Waals surface area contributed by atoms with Crippen LogP contribution in [-0.4, -0.2) is 37.9 Å². The summed E-state index contributed by atoms with van der Waals surface area (Å²) in [5.74, 6) is 0.216. The van der Waals surface area contributed by atoms with Gasteiger partial charge in [-0.1, -0.05) is 20.8 Å². The van der Waals surface area contributed by atoms with Crippen molar-refractivity contribution in [2.45, 2.75) is 39.5 Å². The molecule has 0 saturated heterocycles. The molecule has 0 saturated carbocycles. The predicted molar refractivity (Wildman–Crippen MR) is 77.9 cm³/mol. The van der Waals surface area contributed by atoms with Crippen LogP contribution >= 0.6 is 0 Å². The number of aliphatic hydroxyl groups is 1. The summed E-state index contributed by atoms with van der Waals surface area (Å²) in [5, 5.41) is 12.1. The van der Waals surface area contributed by atoms with Crippen LogP contribution in [0.1, 0.15) is 49.8 Å². The van der Waals surface area contributed by atoms with E-state index in [1.54, 1.807) is 12.1 Å². The number of amides is 1. The molecule has 6 heteroatoms. The van der Waals surface area contributed by atoms with Gasteiger partial charge < -0.3 is 24.3 Å². The summed E-state index contributed by atoms with van der Waals surface area (Å²) in [7, 11) is 2.98. The molecule has 1 rings (SSSR count). The summed E-state index contributed by atoms with van der Waals surface area (Å²) >= 11 is 0. The Labute approximate surface area is 125 Å². The molecule has 1 heterocycles. The van der Waals surface area contributed by atoms with E-state index >= 15 is 0 Å². The third-order valence-electron chi connectivity index (χ3n) is 2.93. The zero-order chi connectivity index (χ0) is 16.0. The van der Waals surface area contributed by atoms with Crippen molar-refractivity contribution < 1.29 is 23.8 Å². The molecule has 1 aromatic heterocycles. The Morgan fingerprint density at radius 2 is 1.95 bits per heavy atom. The highest BCUT2D eigenvalue weighted by atomic mass is 16.7. The van der Waals surface area contributed by atoms with E-state index in [9.17, 15) is 9.90 Å². The number of carbonyl (C=O) groups is 1. The van der Waals surface area contributed by atoms with Crippen molar-refractivity contribution in [1.82, 2.24) is 5.32 Å². The number of methoxy groups -OCH3 is 2. The zero-order valence-electron chi connectivity index (χ0n) is 13.3. The van der Waals surface area contributed by atoms with Crippen LogP contribution in [0.2, 0.25) is 0 Å². The number of hydrogen-bond donors (Lipinski definition) is 2. The van der Waals surface area contributed by atoms with Crippen molar-refractivity contribution in [3.05, 3.63) is 23.7 Å². The topological polar surface area (TPSA) is 80.9 Å². The van der Waals surface area contributed by atoms with Crippen molar-refractivity contribution in [3.8, 4) is 0 Å². The lowest BCUT2D eigenvalue weighted by molar-refractivity contribution is -0.118. The maximum Gasteiger partial charge on any atom is 0.287 e. The Kier molecular flexibility index (Phi) is 6.39. The molecule has 0 aliphatic rings. The molecule has 21 heavy (non-hydrogen) atoms. The van der Waals surface area contributed by atoms with Gasteiger partial charge in [-0.3, -0.25) is 4.79 Å². The van der Waals surface area contributed by atoms with Crippen molar-refractivity contribution in [1.29, 1.82) is 0 Å². The fourth-order valence-corrected chi connectivity index (χ4v) is 2.09. The van der Waals surface area contributed by atoms with Gasteiger partial charge in [0.15, 0.2) is 11.5 Å². The lowest BCUT2D eigenvalue weighted by Crippen LogP contribution is -2.39. The first-order valence-corrected chi connectivity index (χ1v) is 6.87. The van der Waals surface area contributed by atoms with E-state index in [2.05, 4.69) is 26.1 Å². The van der Waals surface area contributed by atoms with Crippen LogP contribution in [-0.2, 0) is 9.47 Å². The third kappa shape index (κ3) is 5.49. The first-order chi connectivity index (χ1) is 9.80. The van der Waals surface area contributed by atoms with E-state index in [-0.39, 0.29) is 29.7 Å². The van der Waals surface area contributed by atoms with Crippen LogP contribution in [0.4, 0.5) is 0 Å². The van der Waals surface area contributed by atoms with Gasteiger partial charge in [-0.15, -0.1) is 0 Å². The summed E-state index contributed by atoms with van der Waals surface area (Å²) in [4.78, 5) is 12.1. The standard InChI is InChI=1S/C15H25NO5/c1-15(2,3)8-10(9-17)16-13(18)11-6-7-12(21-11)14(19-4)20-5/h6-7,10,14,17H,8-9H2,1-5H3,(H,16,18)/t10-/m1/s1. The SMILES string of the molecule is COC(OC)c1ccc(C(=O)N[C@@H](CO)CC(C)(C)C)o1. The number of nitrogens with one attached hydrogen (secondary N) is 1. The Bertz CT molecular complexity index is 445. The number of furan rings is 1. The minimum Gasteiger partial charge on any atom is -0.451 e. The van der Waals surface area contributed by atoms with Gasteiger partial charge in [0.1, 0.15) is 0 Å². The van der Waals surface area contributed by atoms with Crippen molar-refractivity contribution in [3.63, 3.8) is 0 Å². The number of hydrogen-bond acceptors (Lipinski definition) is 5. The molecule has 0 aromatic carbocycles. The van der Waals surface area contributed by atoms with E-state index < -0.39 is 6.29 Å². The highest BCUT2D eigenvalue weighted by Crippen LogP contribution is 2.22. The Balaban J connectivity index is 2.71. The van der Waals surface area contributed by atoms with E-state index in [0.29, 0.717) is 12.2 Å². The van der Waals surface area contributed by atoms with Gasteiger partial charge in [-0.2, -0.15) is 0 Å². The zero-order valence-corrected chi connectivity index (χ0v) is 13.3. The minimum absolute atomic E-state index is 0.00615. The van der Waals surface area contributed by atoms with Gasteiger partial charge in [-0.05, 0) is 24.0 Å². The van der Waals surface area contributed by atoms with Gasteiger partial charge in [0.05, 0.1) is 12.6 Å². The second kappa shape index (κ2) is 7.59. The molecule has 2 N–H and O–H groups in total. The van der Waals surface area contributed by atoms with Crippen LogP contribution in [0.15, 0.2) is 16.5 Å². The van der Waals surface area contributed by atoms with Crippen LogP contribution in [0.25, 0.3) is 0 Å². The Morgan fingerprint density at radius 1 is 1.33 bits per heavy atom. The highest BCUT2D eigenvalue weighted by Gasteiger charge is 2.23. The van der Waals surface area contributed by atoms with Crippen LogP contribution in [0, 0.1) is 5.41 Å². The molecule has 1 atom stereocenters. The quantitative estimate of drug-likeness (QED) is 0.754. The van der Waals surface area contributed by atoms with E-state index in [1.165, 1.54) is 14.2 Å². The number of ether oxygens (including phenoxy) is 2. The minimum atomic E-state index is -0.644. The summed E-state index contributed by atoms with van der Waals surface area (Å²) in [5.41, 5.74) is 0.00615. The molecule has 0 aliphatic heterocycles. The molecule has 120 valence electrons. The molecule has 0 unspecified atom stereocenters. The number of aliphatic hydroxyl groups excluding tert-OH is 1. The molecule has 6 nitrogen and oxygen atoms in total. The first-order valence-electron chi connectivity index (χ1n) is 6.87. The fraction of sp³-hybridized carbons (Fsp3) is 0.667. The summed E-state index contributed by atoms with van der Waals surface area (Å²) in [6.45, 7) is 6.03. The summed E-state index contributed by atoms with van der Waals surface area (Å²) < 4.78 is 15.5. The number of rotatable bonds is 7. The fourth-order valence-electron chi connectivity index (χ4n) is 2.09. The van der Waals surface area contributed by atoms with Gasteiger partial charge >= 0.3 is 0 Å². The van der Waals surface area contributed by atoms with Crippen molar-refractivity contribution in [2.75, 3.05) is 20.8 Å². The highest BCUT2D eigenvalue weighted by molar-refractivity contribution is 5.91. The average Bonchev–Trinajstić information content (AvgIpc) is 2.87. The summed E-state index contributed by atoms with van der Waals surface area (Å²) in [6, 6.07) is 2.87. The molecule has 1 amide bonds. The van der Waals surface area contributed by atoms with Crippen LogP contribution < -0.4 is 5.32 Å². The predicted octanol–water partition coefficient (Wildman–Crippen LogP) is 2.10.